The molecule has 0 saturated carbocycles. The molecule has 1 aromatic carbocycles. The number of nitrogens with zero attached hydrogens (tertiary/aromatic N) is 5. The summed E-state index contributed by atoms with van der Waals surface area (Å²) in [4.78, 5) is 21.7. The van der Waals surface area contributed by atoms with Crippen LogP contribution in [0, 0.1) is 5.82 Å². The number of fused-ring (bicyclic) bond motifs is 1. The Morgan fingerprint density at radius 3 is 2.66 bits per heavy atom. The number of pyridine rings is 1. The third-order valence-corrected chi connectivity index (χ3v) is 4.79. The quantitative estimate of drug-likeness (QED) is 0.565. The predicted molar refractivity (Wildman–Crippen MR) is 107 cm³/mol. The Balaban J connectivity index is 1.69. The van der Waals surface area contributed by atoms with Crippen LogP contribution in [0.3, 0.4) is 0 Å². The van der Waals surface area contributed by atoms with E-state index in [9.17, 15) is 9.18 Å². The van der Waals surface area contributed by atoms with Gasteiger partial charge in [0.05, 0.1) is 11.8 Å². The average Bonchev–Trinajstić information content (AvgIpc) is 3.32. The fourth-order valence-corrected chi connectivity index (χ4v) is 3.30. The monoisotopic (exact) mass is 392 g/mol. The van der Waals surface area contributed by atoms with E-state index < -0.39 is 11.9 Å². The molecule has 3 aromatic heterocycles. The zero-order chi connectivity index (χ0) is 20.5. The van der Waals surface area contributed by atoms with Gasteiger partial charge in [-0.2, -0.15) is 5.10 Å². The van der Waals surface area contributed by atoms with E-state index in [1.165, 1.54) is 12.3 Å². The molecule has 7 nitrogen and oxygen atoms in total. The van der Waals surface area contributed by atoms with E-state index in [0.29, 0.717) is 22.6 Å². The van der Waals surface area contributed by atoms with E-state index in [1.807, 2.05) is 13.8 Å². The van der Waals surface area contributed by atoms with Gasteiger partial charge < -0.3 is 9.88 Å². The third kappa shape index (κ3) is 3.49. The number of halogens is 1. The zero-order valence-electron chi connectivity index (χ0n) is 16.4. The van der Waals surface area contributed by atoms with Crippen molar-refractivity contribution in [1.29, 1.82) is 0 Å². The fraction of sp³-hybridized carbons (Fsp3) is 0.238. The SMILES string of the molecule is CC(C)n1ncc2cc(C(=O)NC(c3ccccc3F)c3nccn3C)cnc21. The van der Waals surface area contributed by atoms with Crippen molar-refractivity contribution in [3.8, 4) is 0 Å². The molecule has 0 fully saturated rings. The second kappa shape index (κ2) is 7.46. The molecular weight excluding hydrogens is 371 g/mol. The van der Waals surface area contributed by atoms with Gasteiger partial charge in [-0.25, -0.2) is 19.0 Å². The van der Waals surface area contributed by atoms with Crippen molar-refractivity contribution >= 4 is 16.9 Å². The Hall–Kier alpha value is -3.55. The Bertz CT molecular complexity index is 1180. The van der Waals surface area contributed by atoms with Gasteiger partial charge in [-0.1, -0.05) is 18.2 Å². The smallest absolute Gasteiger partial charge is 0.253 e. The maximum Gasteiger partial charge on any atom is 0.253 e. The lowest BCUT2D eigenvalue weighted by Crippen LogP contribution is -2.31. The number of amides is 1. The van der Waals surface area contributed by atoms with E-state index in [4.69, 9.17) is 0 Å². The molecule has 0 spiro atoms. The molecule has 1 unspecified atom stereocenters. The molecular formula is C21H21FN6O. The first-order chi connectivity index (χ1) is 14.0. The number of rotatable bonds is 5. The maximum atomic E-state index is 14.5. The lowest BCUT2D eigenvalue weighted by molar-refractivity contribution is 0.0940. The Kier molecular flexibility index (Phi) is 4.84. The molecule has 1 N–H and O–H groups in total. The van der Waals surface area contributed by atoms with E-state index >= 15 is 0 Å². The van der Waals surface area contributed by atoms with E-state index in [1.54, 1.807) is 59.2 Å². The topological polar surface area (TPSA) is 77.6 Å². The van der Waals surface area contributed by atoms with E-state index in [0.717, 1.165) is 5.39 Å². The number of aromatic nitrogens is 5. The molecule has 1 amide bonds. The molecule has 3 heterocycles. The van der Waals surface area contributed by atoms with Gasteiger partial charge in [0.15, 0.2) is 5.65 Å². The van der Waals surface area contributed by atoms with Crippen molar-refractivity contribution in [2.75, 3.05) is 0 Å². The molecule has 0 radical (unpaired) electrons. The summed E-state index contributed by atoms with van der Waals surface area (Å²) in [7, 11) is 1.80. The van der Waals surface area contributed by atoms with Crippen LogP contribution < -0.4 is 5.32 Å². The van der Waals surface area contributed by atoms with Crippen molar-refractivity contribution < 1.29 is 9.18 Å². The number of hydrogen-bond acceptors (Lipinski definition) is 4. The highest BCUT2D eigenvalue weighted by atomic mass is 19.1. The Labute approximate surface area is 167 Å². The molecule has 0 saturated heterocycles. The van der Waals surface area contributed by atoms with Crippen molar-refractivity contribution in [3.63, 3.8) is 0 Å². The summed E-state index contributed by atoms with van der Waals surface area (Å²) >= 11 is 0. The van der Waals surface area contributed by atoms with Crippen molar-refractivity contribution in [2.24, 2.45) is 7.05 Å². The minimum Gasteiger partial charge on any atom is -0.338 e. The summed E-state index contributed by atoms with van der Waals surface area (Å²) in [6.45, 7) is 4.03. The summed E-state index contributed by atoms with van der Waals surface area (Å²) in [6, 6.07) is 7.51. The molecule has 0 aliphatic rings. The summed E-state index contributed by atoms with van der Waals surface area (Å²) in [5, 5.41) is 7.99. The first-order valence-electron chi connectivity index (χ1n) is 9.31. The zero-order valence-corrected chi connectivity index (χ0v) is 16.4. The van der Waals surface area contributed by atoms with Gasteiger partial charge in [0, 0.05) is 42.6 Å². The lowest BCUT2D eigenvalue weighted by atomic mass is 10.0. The molecule has 0 aliphatic heterocycles. The van der Waals surface area contributed by atoms with Crippen LogP contribution in [-0.4, -0.2) is 30.2 Å². The number of carbonyl (C=O) groups excluding carboxylic acids is 1. The van der Waals surface area contributed by atoms with Crippen LogP contribution in [0.1, 0.15) is 47.7 Å². The van der Waals surface area contributed by atoms with Crippen molar-refractivity contribution in [2.45, 2.75) is 25.9 Å². The van der Waals surface area contributed by atoms with Crippen LogP contribution in [0.2, 0.25) is 0 Å². The standard InChI is InChI=1S/C21H21FN6O/c1-13(2)28-19-14(12-25-28)10-15(11-24-19)21(29)26-18(20-23-8-9-27(20)3)16-6-4-5-7-17(16)22/h4-13,18H,1-3H3,(H,26,29). The Morgan fingerprint density at radius 2 is 1.97 bits per heavy atom. The Morgan fingerprint density at radius 1 is 1.17 bits per heavy atom. The molecule has 0 aliphatic carbocycles. The van der Waals surface area contributed by atoms with Crippen LogP contribution in [0.15, 0.2) is 55.1 Å². The third-order valence-electron chi connectivity index (χ3n) is 4.79. The molecule has 0 bridgehead atoms. The molecule has 8 heteroatoms. The van der Waals surface area contributed by atoms with Gasteiger partial charge in [0.25, 0.3) is 5.91 Å². The van der Waals surface area contributed by atoms with Gasteiger partial charge in [0.2, 0.25) is 0 Å². The lowest BCUT2D eigenvalue weighted by Gasteiger charge is -2.19. The van der Waals surface area contributed by atoms with Crippen LogP contribution >= 0.6 is 0 Å². The van der Waals surface area contributed by atoms with Gasteiger partial charge in [-0.15, -0.1) is 0 Å². The highest BCUT2D eigenvalue weighted by Gasteiger charge is 2.24. The van der Waals surface area contributed by atoms with Gasteiger partial charge in [-0.3, -0.25) is 4.79 Å². The average molecular weight is 392 g/mol. The van der Waals surface area contributed by atoms with Gasteiger partial charge in [-0.05, 0) is 26.0 Å². The number of carbonyl (C=O) groups is 1. The predicted octanol–water partition coefficient (Wildman–Crippen LogP) is 3.40. The number of imidazole rings is 1. The highest BCUT2D eigenvalue weighted by molar-refractivity contribution is 5.97. The number of benzene rings is 1. The maximum absolute atomic E-state index is 14.5. The van der Waals surface area contributed by atoms with E-state index in [-0.39, 0.29) is 11.9 Å². The van der Waals surface area contributed by atoms with Gasteiger partial charge in [0.1, 0.15) is 17.7 Å². The van der Waals surface area contributed by atoms with Crippen LogP contribution in [0.4, 0.5) is 4.39 Å². The van der Waals surface area contributed by atoms with Crippen molar-refractivity contribution in [3.05, 3.63) is 77.9 Å². The van der Waals surface area contributed by atoms with Gasteiger partial charge >= 0.3 is 0 Å². The van der Waals surface area contributed by atoms with Crippen LogP contribution in [-0.2, 0) is 7.05 Å². The summed E-state index contributed by atoms with van der Waals surface area (Å²) in [5.41, 5.74) is 1.43. The first kappa shape index (κ1) is 18.8. The fourth-order valence-electron chi connectivity index (χ4n) is 3.30. The second-order valence-electron chi connectivity index (χ2n) is 7.14. The number of hydrogen-bond donors (Lipinski definition) is 1. The molecule has 4 aromatic rings. The second-order valence-corrected chi connectivity index (χ2v) is 7.14. The van der Waals surface area contributed by atoms with Crippen LogP contribution in [0.5, 0.6) is 0 Å². The summed E-state index contributed by atoms with van der Waals surface area (Å²) in [6.07, 6.45) is 6.56. The molecule has 1 atom stereocenters. The minimum atomic E-state index is -0.738. The summed E-state index contributed by atoms with van der Waals surface area (Å²) in [5.74, 6) is -0.245. The molecule has 148 valence electrons. The first-order valence-corrected chi connectivity index (χ1v) is 9.31. The van der Waals surface area contributed by atoms with E-state index in [2.05, 4.69) is 20.4 Å². The summed E-state index contributed by atoms with van der Waals surface area (Å²) < 4.78 is 18.0. The minimum absolute atomic E-state index is 0.161. The normalized spacial score (nSPS) is 12.4. The van der Waals surface area contributed by atoms with Crippen molar-refractivity contribution in [1.82, 2.24) is 29.6 Å². The number of nitrogens with one attached hydrogen (secondary N) is 1. The highest BCUT2D eigenvalue weighted by Crippen LogP contribution is 2.24. The number of aryl methyl sites for hydroxylation is 1. The largest absolute Gasteiger partial charge is 0.338 e. The van der Waals surface area contributed by atoms with Crippen LogP contribution in [0.25, 0.3) is 11.0 Å². The molecule has 4 rings (SSSR count). The molecule has 29 heavy (non-hydrogen) atoms.